The van der Waals surface area contributed by atoms with Gasteiger partial charge in [0, 0.05) is 6.92 Å². The zero-order chi connectivity index (χ0) is 21.8. The standard InChI is InChI=1S/C18H24N4O8/c1-9(24)19-13-15(26)14(25)12(8-23)30-16(13)29-7-6-10-2-4-11(5-3-10)22-17(27)20-21-18(22)28/h2-5,12-16,23,25-26H,6-8H2,1H3,(H,19,24)(H,20,27)(H,21,28). The third-order valence-electron chi connectivity index (χ3n) is 4.80. The van der Waals surface area contributed by atoms with Crippen LogP contribution in [-0.2, 0) is 20.7 Å². The quantitative estimate of drug-likeness (QED) is 0.279. The molecule has 1 saturated heterocycles. The number of aromatic amines is 2. The molecule has 5 unspecified atom stereocenters. The molecule has 30 heavy (non-hydrogen) atoms. The van der Waals surface area contributed by atoms with E-state index in [1.54, 1.807) is 24.3 Å². The van der Waals surface area contributed by atoms with Crippen molar-refractivity contribution in [2.24, 2.45) is 0 Å². The van der Waals surface area contributed by atoms with E-state index < -0.39 is 54.5 Å². The molecule has 1 aliphatic rings. The van der Waals surface area contributed by atoms with Gasteiger partial charge in [-0.3, -0.25) is 4.79 Å². The van der Waals surface area contributed by atoms with E-state index in [0.29, 0.717) is 12.1 Å². The molecule has 0 radical (unpaired) electrons. The second-order valence-corrected chi connectivity index (χ2v) is 6.92. The van der Waals surface area contributed by atoms with Crippen LogP contribution in [0.25, 0.3) is 5.69 Å². The lowest BCUT2D eigenvalue weighted by molar-refractivity contribution is -0.269. The van der Waals surface area contributed by atoms with Gasteiger partial charge in [0.15, 0.2) is 6.29 Å². The first-order valence-electron chi connectivity index (χ1n) is 9.32. The molecule has 164 valence electrons. The minimum atomic E-state index is -1.38. The Balaban J connectivity index is 1.63. The Morgan fingerprint density at radius 1 is 1.17 bits per heavy atom. The maximum absolute atomic E-state index is 11.6. The van der Waals surface area contributed by atoms with E-state index in [1.807, 2.05) is 0 Å². The number of benzene rings is 1. The topological polar surface area (TPSA) is 179 Å². The molecule has 1 aromatic heterocycles. The number of carbonyl (C=O) groups excluding carboxylic acids is 1. The van der Waals surface area contributed by atoms with Gasteiger partial charge in [-0.05, 0) is 24.1 Å². The average molecular weight is 424 g/mol. The van der Waals surface area contributed by atoms with Gasteiger partial charge in [0.1, 0.15) is 24.4 Å². The number of rotatable bonds is 7. The summed E-state index contributed by atoms with van der Waals surface area (Å²) in [4.78, 5) is 34.7. The van der Waals surface area contributed by atoms with Crippen molar-refractivity contribution in [1.82, 2.24) is 20.1 Å². The van der Waals surface area contributed by atoms with Gasteiger partial charge in [-0.2, -0.15) is 0 Å². The van der Waals surface area contributed by atoms with Crippen molar-refractivity contribution < 1.29 is 29.6 Å². The molecule has 0 saturated carbocycles. The van der Waals surface area contributed by atoms with Crippen LogP contribution in [0.2, 0.25) is 0 Å². The molecule has 12 nitrogen and oxygen atoms in total. The van der Waals surface area contributed by atoms with Crippen LogP contribution in [0.5, 0.6) is 0 Å². The Labute approximate surface area is 170 Å². The fourth-order valence-corrected chi connectivity index (χ4v) is 3.26. The normalized spacial score (nSPS) is 26.5. The van der Waals surface area contributed by atoms with E-state index in [4.69, 9.17) is 9.47 Å². The van der Waals surface area contributed by atoms with Crippen molar-refractivity contribution in [2.45, 2.75) is 44.0 Å². The van der Waals surface area contributed by atoms with Crippen LogP contribution in [0.3, 0.4) is 0 Å². The summed E-state index contributed by atoms with van der Waals surface area (Å²) in [6, 6.07) is 5.66. The van der Waals surface area contributed by atoms with Crippen LogP contribution in [0, 0.1) is 0 Å². The molecule has 6 N–H and O–H groups in total. The molecule has 12 heteroatoms. The molecular formula is C18H24N4O8. The summed E-state index contributed by atoms with van der Waals surface area (Å²) >= 11 is 0. The van der Waals surface area contributed by atoms with Gasteiger partial charge >= 0.3 is 11.4 Å². The lowest BCUT2D eigenvalue weighted by atomic mass is 9.97. The van der Waals surface area contributed by atoms with Gasteiger partial charge in [-0.1, -0.05) is 12.1 Å². The highest BCUT2D eigenvalue weighted by Gasteiger charge is 2.45. The van der Waals surface area contributed by atoms with Crippen LogP contribution < -0.4 is 16.7 Å². The summed E-state index contributed by atoms with van der Waals surface area (Å²) in [6.45, 7) is 0.881. The minimum absolute atomic E-state index is 0.145. The minimum Gasteiger partial charge on any atom is -0.394 e. The molecule has 1 aromatic carbocycles. The van der Waals surface area contributed by atoms with Crippen LogP contribution in [0.1, 0.15) is 12.5 Å². The van der Waals surface area contributed by atoms with Crippen LogP contribution in [-0.4, -0.2) is 79.8 Å². The monoisotopic (exact) mass is 424 g/mol. The first kappa shape index (κ1) is 21.9. The third kappa shape index (κ3) is 4.68. The third-order valence-corrected chi connectivity index (χ3v) is 4.80. The van der Waals surface area contributed by atoms with Crippen LogP contribution in [0.4, 0.5) is 0 Å². The first-order valence-corrected chi connectivity index (χ1v) is 9.32. The molecule has 1 amide bonds. The number of amides is 1. The number of aliphatic hydroxyl groups excluding tert-OH is 3. The number of nitrogens with one attached hydrogen (secondary N) is 3. The SMILES string of the molecule is CC(=O)NC1C(OCCc2ccc(-n3c(=O)[nH][nH]c3=O)cc2)OC(CO)C(O)C1O. The highest BCUT2D eigenvalue weighted by atomic mass is 16.7. The van der Waals surface area contributed by atoms with Crippen molar-refractivity contribution in [2.75, 3.05) is 13.2 Å². The largest absolute Gasteiger partial charge is 0.394 e. The van der Waals surface area contributed by atoms with Crippen LogP contribution in [0.15, 0.2) is 33.9 Å². The first-order chi connectivity index (χ1) is 14.3. The summed E-state index contributed by atoms with van der Waals surface area (Å²) < 4.78 is 12.1. The summed E-state index contributed by atoms with van der Waals surface area (Å²) in [5, 5.41) is 36.5. The number of H-pyrrole nitrogens is 2. The molecule has 1 fully saturated rings. The maximum atomic E-state index is 11.6. The lowest BCUT2D eigenvalue weighted by Gasteiger charge is -2.42. The number of aliphatic hydroxyl groups is 3. The smallest absolute Gasteiger partial charge is 0.348 e. The van der Waals surface area contributed by atoms with Crippen molar-refractivity contribution in [3.63, 3.8) is 0 Å². The second kappa shape index (κ2) is 9.36. The zero-order valence-electron chi connectivity index (χ0n) is 16.1. The molecule has 0 bridgehead atoms. The molecule has 0 aliphatic carbocycles. The van der Waals surface area contributed by atoms with Gasteiger partial charge in [-0.25, -0.2) is 24.4 Å². The molecule has 1 aliphatic heterocycles. The lowest BCUT2D eigenvalue weighted by Crippen LogP contribution is -2.64. The molecule has 5 atom stereocenters. The maximum Gasteiger partial charge on any atom is 0.348 e. The molecule has 3 rings (SSSR count). The number of ether oxygens (including phenoxy) is 2. The predicted octanol–water partition coefficient (Wildman–Crippen LogP) is -2.64. The summed E-state index contributed by atoms with van der Waals surface area (Å²) in [7, 11) is 0. The van der Waals surface area contributed by atoms with Crippen LogP contribution >= 0.6 is 0 Å². The Bertz CT molecular complexity index is 938. The number of hydrogen-bond donors (Lipinski definition) is 6. The highest BCUT2D eigenvalue weighted by Crippen LogP contribution is 2.22. The Hall–Kier alpha value is -2.77. The van der Waals surface area contributed by atoms with Crippen molar-refractivity contribution in [3.05, 3.63) is 50.8 Å². The van der Waals surface area contributed by atoms with E-state index in [-0.39, 0.29) is 6.61 Å². The van der Waals surface area contributed by atoms with Crippen molar-refractivity contribution in [3.8, 4) is 5.69 Å². The van der Waals surface area contributed by atoms with E-state index in [1.165, 1.54) is 6.92 Å². The van der Waals surface area contributed by atoms with Crippen molar-refractivity contribution >= 4 is 5.91 Å². The fourth-order valence-electron chi connectivity index (χ4n) is 3.26. The Kier molecular flexibility index (Phi) is 6.84. The second-order valence-electron chi connectivity index (χ2n) is 6.92. The van der Waals surface area contributed by atoms with E-state index in [9.17, 15) is 29.7 Å². The van der Waals surface area contributed by atoms with Crippen molar-refractivity contribution in [1.29, 1.82) is 0 Å². The van der Waals surface area contributed by atoms with E-state index in [0.717, 1.165) is 10.1 Å². The molecule has 2 aromatic rings. The summed E-state index contributed by atoms with van der Waals surface area (Å²) in [5.74, 6) is -0.434. The van der Waals surface area contributed by atoms with Gasteiger partial charge in [0.2, 0.25) is 5.91 Å². The fraction of sp³-hybridized carbons (Fsp3) is 0.500. The molecular weight excluding hydrogens is 400 g/mol. The number of hydrogen-bond acceptors (Lipinski definition) is 8. The average Bonchev–Trinajstić information content (AvgIpc) is 3.05. The predicted molar refractivity (Wildman–Crippen MR) is 102 cm³/mol. The van der Waals surface area contributed by atoms with Gasteiger partial charge < -0.3 is 30.1 Å². The summed E-state index contributed by atoms with van der Waals surface area (Å²) in [6.07, 6.45) is -4.44. The molecule has 2 heterocycles. The van der Waals surface area contributed by atoms with Gasteiger partial charge in [0.05, 0.1) is 18.9 Å². The highest BCUT2D eigenvalue weighted by molar-refractivity contribution is 5.73. The number of aromatic nitrogens is 3. The number of carbonyl (C=O) groups is 1. The summed E-state index contributed by atoms with van der Waals surface area (Å²) in [5.41, 5.74) is 0.0868. The molecule has 0 spiro atoms. The Morgan fingerprint density at radius 2 is 1.80 bits per heavy atom. The van der Waals surface area contributed by atoms with Gasteiger partial charge in [-0.15, -0.1) is 0 Å². The van der Waals surface area contributed by atoms with Gasteiger partial charge in [0.25, 0.3) is 0 Å². The van der Waals surface area contributed by atoms with E-state index in [2.05, 4.69) is 15.5 Å². The Morgan fingerprint density at radius 3 is 2.37 bits per heavy atom. The van der Waals surface area contributed by atoms with E-state index >= 15 is 0 Å². The zero-order valence-corrected chi connectivity index (χ0v) is 16.1. The number of nitrogens with zero attached hydrogens (tertiary/aromatic N) is 1.